The molecule has 0 spiro atoms. The molecule has 0 aromatic heterocycles. The van der Waals surface area contributed by atoms with Crippen LogP contribution >= 0.6 is 34.2 Å². The molecule has 0 aromatic rings. The molecule has 0 saturated heterocycles. The Morgan fingerprint density at radius 3 is 0.248 bits per heavy atom. The van der Waals surface area contributed by atoms with Crippen LogP contribution < -0.4 is 0 Å². The van der Waals surface area contributed by atoms with Gasteiger partial charge in [0, 0.05) is 0 Å². The summed E-state index contributed by atoms with van der Waals surface area (Å²) in [5.41, 5.74) is -14.4. The van der Waals surface area contributed by atoms with Crippen LogP contribution in [0.4, 0.5) is 0 Å². The zero-order chi connectivity index (χ0) is 96.9. The monoisotopic (exact) mass is 2260 g/mol. The van der Waals surface area contributed by atoms with Crippen molar-refractivity contribution in [3.05, 3.63) is 0 Å². The Labute approximate surface area is 886 Å². The SMILES string of the molecule is CCCCCCCCOP(=S)([S-])OCCCCCCCC.CCCCCCCCOP(=S)([S-])OCCCCCCCC.CCCCCCCCOP(=S)([S-])OCCCCCCCC.CCCCCCCCOP(=S)([S-])OCCCCCCCC.CCCCCCCCOP(=S)([S-])OCCCCCCCC.CCCCCCCCOP(=S)([S-])OCCCCCCCC.O=S.[Mo+6]. The Kier molecular flexibility index (Phi) is 145. The molecular weight excluding hydrogens is 2060 g/mol. The van der Waals surface area contributed by atoms with Crippen LogP contribution in [-0.2, 0) is 232 Å². The van der Waals surface area contributed by atoms with Gasteiger partial charge in [-0.25, -0.2) is 0 Å². The average Bonchev–Trinajstić information content (AvgIpc) is 0.972. The molecule has 0 aliphatic carbocycles. The van der Waals surface area contributed by atoms with Crippen molar-refractivity contribution >= 4 is 191 Å². The fraction of sp³-hybridized carbons (Fsp3) is 1.00. The molecule has 0 saturated carbocycles. The molecule has 0 unspecified atom stereocenters. The van der Waals surface area contributed by atoms with Gasteiger partial charge in [-0.1, -0.05) is 539 Å². The molecule has 0 aliphatic rings. The maximum atomic E-state index is 7.83. The molecule has 780 valence electrons. The van der Waals surface area contributed by atoms with Crippen LogP contribution in [0.1, 0.15) is 545 Å². The van der Waals surface area contributed by atoms with Crippen molar-refractivity contribution in [1.82, 2.24) is 0 Å². The quantitative estimate of drug-likeness (QED) is 0.0248. The molecule has 13 nitrogen and oxygen atoms in total. The molecule has 0 rings (SSSR count). The third-order valence-corrected chi connectivity index (χ3v) is 34.5. The van der Waals surface area contributed by atoms with Crippen molar-refractivity contribution in [2.24, 2.45) is 0 Å². The second-order valence-corrected chi connectivity index (χ2v) is 63.8. The van der Waals surface area contributed by atoms with Gasteiger partial charge in [0.15, 0.2) is 12.5 Å². The van der Waals surface area contributed by atoms with Gasteiger partial charge in [0.05, 0.1) is 113 Å². The van der Waals surface area contributed by atoms with Crippen molar-refractivity contribution in [1.29, 1.82) is 0 Å². The molecule has 0 atom stereocenters. The van der Waals surface area contributed by atoms with Crippen molar-refractivity contribution in [2.75, 3.05) is 79.3 Å². The summed E-state index contributed by atoms with van der Waals surface area (Å²) in [6, 6.07) is 0. The van der Waals surface area contributed by atoms with Gasteiger partial charge in [0.25, 0.3) is 0 Å². The van der Waals surface area contributed by atoms with Crippen LogP contribution in [0.2, 0.25) is 0 Å². The third kappa shape index (κ3) is 147. The van der Waals surface area contributed by atoms with Crippen LogP contribution in [0.3, 0.4) is 0 Å². The van der Waals surface area contributed by atoms with Gasteiger partial charge in [-0.05, 0) is 77.0 Å². The summed E-state index contributed by atoms with van der Waals surface area (Å²) in [6.45, 7) is 34.8. The van der Waals surface area contributed by atoms with Gasteiger partial charge >= 0.3 is 21.1 Å². The van der Waals surface area contributed by atoms with E-state index in [1.807, 2.05) is 0 Å². The Morgan fingerprint density at radius 1 is 0.132 bits per heavy atom. The van der Waals surface area contributed by atoms with Crippen LogP contribution in [0.15, 0.2) is 0 Å². The summed E-state index contributed by atoms with van der Waals surface area (Å²) in [5, 5.41) is 0. The zero-order valence-electron chi connectivity index (χ0n) is 85.1. The summed E-state index contributed by atoms with van der Waals surface area (Å²) in [6.07, 6.45) is 90.0. The van der Waals surface area contributed by atoms with E-state index < -0.39 is 34.2 Å². The summed E-state index contributed by atoms with van der Waals surface area (Å²) >= 11 is 66.0. The maximum absolute atomic E-state index is 7.83. The van der Waals surface area contributed by atoms with Crippen molar-refractivity contribution < 1.29 is 79.6 Å². The van der Waals surface area contributed by atoms with E-state index in [4.69, 9.17) is 203 Å². The summed E-state index contributed by atoms with van der Waals surface area (Å²) in [7, 11) is 0. The van der Waals surface area contributed by atoms with E-state index in [1.165, 1.54) is 385 Å². The molecule has 0 radical (unpaired) electrons. The van der Waals surface area contributed by atoms with Gasteiger partial charge in [0.1, 0.15) is 0 Å². The van der Waals surface area contributed by atoms with E-state index >= 15 is 0 Å². The van der Waals surface area contributed by atoms with Crippen LogP contribution in [0, 0.1) is 0 Å². The van der Waals surface area contributed by atoms with Crippen LogP contribution in [0.5, 0.6) is 0 Å². The van der Waals surface area contributed by atoms with Crippen molar-refractivity contribution in [3.63, 3.8) is 0 Å². The van der Waals surface area contributed by atoms with E-state index in [0.717, 1.165) is 77.0 Å². The largest absolute Gasteiger partial charge is 6.00 e. The molecule has 0 amide bonds. The second-order valence-electron chi connectivity index (χ2n) is 33.9. The van der Waals surface area contributed by atoms with Gasteiger partial charge in [-0.3, -0.25) is 0 Å². The molecular formula is C96H204MoO13P6S13. The first-order valence-corrected chi connectivity index (χ1v) is 74.7. The number of hydrogen-bond donors (Lipinski definition) is 0. The van der Waals surface area contributed by atoms with E-state index in [2.05, 4.69) is 95.6 Å². The average molecular weight is 2270 g/mol. The standard InChI is InChI=1S/6C16H35O2PS2.Mo.OS/c6*1-3-5-7-9-11-13-15-17-19(20,21)18-16-14-12-10-8-6-4-2;;1-2/h6*3-16H2,1-2H3,(H,20,21);;/q;;;;;;+6;/p-6. The maximum Gasteiger partial charge on any atom is 6.00 e. The Hall–Kier alpha value is 6.23. The predicted octanol–water partition coefficient (Wildman–Crippen LogP) is 38.7. The second kappa shape index (κ2) is 125. The van der Waals surface area contributed by atoms with Gasteiger partial charge in [0.2, 0.25) is 0 Å². The van der Waals surface area contributed by atoms with E-state index in [1.54, 1.807) is 0 Å². The Morgan fingerprint density at radius 2 is 0.186 bits per heavy atom. The fourth-order valence-corrected chi connectivity index (χ4v) is 23.0. The smallest absolute Gasteiger partial charge is 0.691 e. The minimum atomic E-state index is -2.40. The van der Waals surface area contributed by atoms with Gasteiger partial charge in [-0.15, -0.1) is 0 Å². The summed E-state index contributed by atoms with van der Waals surface area (Å²) in [4.78, 5) is 0. The molecule has 129 heavy (non-hydrogen) atoms. The predicted molar refractivity (Wildman–Crippen MR) is 610 cm³/mol. The van der Waals surface area contributed by atoms with E-state index in [9.17, 15) is 0 Å². The summed E-state index contributed by atoms with van der Waals surface area (Å²) < 4.78 is 75.0. The van der Waals surface area contributed by atoms with Crippen LogP contribution in [0.25, 0.3) is 0 Å². The first-order valence-electron chi connectivity index (χ1n) is 52.5. The minimum absolute atomic E-state index is 0. The Bertz CT molecular complexity index is 1880. The van der Waals surface area contributed by atoms with E-state index in [0.29, 0.717) is 79.3 Å². The number of rotatable bonds is 96. The van der Waals surface area contributed by atoms with Crippen molar-refractivity contribution in [2.45, 2.75) is 545 Å². The third-order valence-electron chi connectivity index (χ3n) is 21.0. The molecule has 0 fully saturated rings. The number of unbranched alkanes of at least 4 members (excludes halogenated alkanes) is 60. The molecule has 0 bridgehead atoms. The Balaban J connectivity index is -0.000000226. The summed E-state index contributed by atoms with van der Waals surface area (Å²) in [5.74, 6) is 0. The molecule has 0 aliphatic heterocycles. The van der Waals surface area contributed by atoms with Crippen LogP contribution in [-0.4, -0.2) is 83.5 Å². The molecule has 33 heteroatoms. The first-order chi connectivity index (χ1) is 61.7. The van der Waals surface area contributed by atoms with Crippen molar-refractivity contribution in [3.8, 4) is 0 Å². The van der Waals surface area contributed by atoms with Gasteiger partial charge < -0.3 is 128 Å². The minimum Gasteiger partial charge on any atom is -0.691 e. The molecule has 0 N–H and O–H groups in total. The first kappa shape index (κ1) is 151. The van der Waals surface area contributed by atoms with E-state index in [-0.39, 0.29) is 21.1 Å². The molecule has 0 heterocycles. The topological polar surface area (TPSA) is 128 Å². The molecule has 0 aromatic carbocycles. The zero-order valence-corrected chi connectivity index (χ0v) is 103. The fourth-order valence-electron chi connectivity index (χ4n) is 12.9. The van der Waals surface area contributed by atoms with Gasteiger partial charge in [-0.2, -0.15) is 4.21 Å². The normalized spacial score (nSPS) is 11.7. The number of hydrogen-bond acceptors (Lipinski definition) is 26.